The van der Waals surface area contributed by atoms with Crippen molar-refractivity contribution in [2.75, 3.05) is 26.6 Å². The van der Waals surface area contributed by atoms with Crippen molar-refractivity contribution in [2.24, 2.45) is 5.92 Å². The van der Waals surface area contributed by atoms with Gasteiger partial charge in [-0.05, 0) is 62.8 Å². The first kappa shape index (κ1) is 27.5. The number of Topliss-reactive ketones (excluding diaryl/α,β-unsaturated/α-hetero) is 1. The number of nitrogens with one attached hydrogen (secondary N) is 1. The van der Waals surface area contributed by atoms with E-state index in [1.807, 2.05) is 61.7 Å². The molecule has 3 atom stereocenters. The van der Waals surface area contributed by atoms with Gasteiger partial charge < -0.3 is 19.5 Å². The molecule has 1 N–H and O–H groups in total. The predicted octanol–water partition coefficient (Wildman–Crippen LogP) is 5.13. The fourth-order valence-corrected chi connectivity index (χ4v) is 5.82. The second-order valence-electron chi connectivity index (χ2n) is 9.13. The SMILES string of the molecule is CCOC(=O)C1=C(C)NC2=C(C(=O)[C@H](C(=O)OCC)[C@H](c3ccccc3OC)C2)[C@H]1c1ccc(SC)cc1. The number of hydrogen-bond acceptors (Lipinski definition) is 8. The van der Waals surface area contributed by atoms with Gasteiger partial charge in [0.1, 0.15) is 11.7 Å². The van der Waals surface area contributed by atoms with Crippen molar-refractivity contribution in [3.8, 4) is 5.75 Å². The molecule has 0 bridgehead atoms. The lowest BCUT2D eigenvalue weighted by atomic mass is 9.67. The van der Waals surface area contributed by atoms with E-state index in [-0.39, 0.29) is 19.0 Å². The molecule has 2 aliphatic rings. The maximum atomic E-state index is 14.4. The molecule has 7 nitrogen and oxygen atoms in total. The van der Waals surface area contributed by atoms with E-state index in [1.165, 1.54) is 0 Å². The summed E-state index contributed by atoms with van der Waals surface area (Å²) in [5.41, 5.74) is 3.63. The Morgan fingerprint density at radius 1 is 1.03 bits per heavy atom. The first-order chi connectivity index (χ1) is 18.4. The highest BCUT2D eigenvalue weighted by atomic mass is 32.2. The molecule has 0 radical (unpaired) electrons. The van der Waals surface area contributed by atoms with Gasteiger partial charge in [0.25, 0.3) is 0 Å². The number of ether oxygens (including phenoxy) is 3. The van der Waals surface area contributed by atoms with Crippen LogP contribution < -0.4 is 10.1 Å². The predicted molar refractivity (Wildman–Crippen MR) is 146 cm³/mol. The monoisotopic (exact) mass is 535 g/mol. The number of carbonyl (C=O) groups excluding carboxylic acids is 3. The fraction of sp³-hybridized carbons (Fsp3) is 0.367. The number of ketones is 1. The number of benzene rings is 2. The van der Waals surface area contributed by atoms with E-state index in [2.05, 4.69) is 5.32 Å². The smallest absolute Gasteiger partial charge is 0.336 e. The average molecular weight is 536 g/mol. The van der Waals surface area contributed by atoms with Crippen molar-refractivity contribution < 1.29 is 28.6 Å². The molecule has 1 aliphatic heterocycles. The van der Waals surface area contributed by atoms with E-state index in [4.69, 9.17) is 14.2 Å². The zero-order chi connectivity index (χ0) is 27.4. The quantitative estimate of drug-likeness (QED) is 0.283. The van der Waals surface area contributed by atoms with Gasteiger partial charge in [0, 0.05) is 33.7 Å². The van der Waals surface area contributed by atoms with E-state index >= 15 is 0 Å². The standard InChI is InChI=1S/C30H33NO6S/c1-6-36-29(33)24-17(3)31-22-16-21(20-10-8-9-11-23(20)35-4)26(30(34)37-7-2)28(32)27(22)25(24)18-12-14-19(38-5)15-13-18/h8-15,21,25-26,31H,6-7,16H2,1-5H3/t21-,25-,26+/m0/s1. The summed E-state index contributed by atoms with van der Waals surface area (Å²) in [6.45, 7) is 5.64. The Morgan fingerprint density at radius 2 is 1.71 bits per heavy atom. The summed E-state index contributed by atoms with van der Waals surface area (Å²) in [5.74, 6) is -3.09. The molecule has 200 valence electrons. The largest absolute Gasteiger partial charge is 0.496 e. The number of methoxy groups -OCH3 is 1. The maximum absolute atomic E-state index is 14.4. The van der Waals surface area contributed by atoms with Gasteiger partial charge >= 0.3 is 11.9 Å². The highest BCUT2D eigenvalue weighted by Crippen LogP contribution is 2.49. The van der Waals surface area contributed by atoms with Crippen molar-refractivity contribution in [1.29, 1.82) is 0 Å². The molecule has 0 saturated heterocycles. The van der Waals surface area contributed by atoms with Crippen LogP contribution >= 0.6 is 11.8 Å². The molecule has 2 aromatic rings. The Labute approximate surface area is 227 Å². The maximum Gasteiger partial charge on any atom is 0.336 e. The summed E-state index contributed by atoms with van der Waals surface area (Å²) in [6.07, 6.45) is 2.36. The third-order valence-corrected chi connectivity index (χ3v) is 7.79. The summed E-state index contributed by atoms with van der Waals surface area (Å²) in [7, 11) is 1.57. The van der Waals surface area contributed by atoms with Gasteiger partial charge in [-0.2, -0.15) is 0 Å². The summed E-state index contributed by atoms with van der Waals surface area (Å²) < 4.78 is 16.4. The minimum Gasteiger partial charge on any atom is -0.496 e. The molecule has 1 aliphatic carbocycles. The van der Waals surface area contributed by atoms with Gasteiger partial charge in [-0.15, -0.1) is 11.8 Å². The van der Waals surface area contributed by atoms with Gasteiger partial charge in [0.2, 0.25) is 0 Å². The molecule has 38 heavy (non-hydrogen) atoms. The van der Waals surface area contributed by atoms with Crippen molar-refractivity contribution >= 4 is 29.5 Å². The normalized spacial score (nSPS) is 21.0. The Kier molecular flexibility index (Phi) is 8.62. The van der Waals surface area contributed by atoms with Crippen molar-refractivity contribution in [3.63, 3.8) is 0 Å². The van der Waals surface area contributed by atoms with Crippen LogP contribution in [-0.2, 0) is 23.9 Å². The van der Waals surface area contributed by atoms with Gasteiger partial charge in [-0.3, -0.25) is 9.59 Å². The van der Waals surface area contributed by atoms with Crippen LogP contribution in [0.25, 0.3) is 0 Å². The van der Waals surface area contributed by atoms with Gasteiger partial charge in [-0.1, -0.05) is 30.3 Å². The Morgan fingerprint density at radius 3 is 2.34 bits per heavy atom. The first-order valence-corrected chi connectivity index (χ1v) is 13.9. The molecule has 0 saturated carbocycles. The lowest BCUT2D eigenvalue weighted by Crippen LogP contribution is -2.43. The lowest BCUT2D eigenvalue weighted by molar-refractivity contribution is -0.152. The first-order valence-electron chi connectivity index (χ1n) is 12.7. The Hall–Kier alpha value is -3.52. The molecule has 0 unspecified atom stereocenters. The number of para-hydroxylation sites is 1. The van der Waals surface area contributed by atoms with Crippen LogP contribution in [0, 0.1) is 5.92 Å². The minimum absolute atomic E-state index is 0.151. The van der Waals surface area contributed by atoms with Crippen LogP contribution in [0.2, 0.25) is 0 Å². The zero-order valence-corrected chi connectivity index (χ0v) is 23.1. The van der Waals surface area contributed by atoms with Crippen LogP contribution in [0.1, 0.15) is 50.2 Å². The van der Waals surface area contributed by atoms with Crippen LogP contribution in [0.3, 0.4) is 0 Å². The number of hydrogen-bond donors (Lipinski definition) is 1. The van der Waals surface area contributed by atoms with Crippen LogP contribution in [-0.4, -0.2) is 44.3 Å². The van der Waals surface area contributed by atoms with Crippen molar-refractivity contribution in [1.82, 2.24) is 5.32 Å². The summed E-state index contributed by atoms with van der Waals surface area (Å²) in [4.78, 5) is 42.0. The molecule has 0 spiro atoms. The summed E-state index contributed by atoms with van der Waals surface area (Å²) >= 11 is 1.61. The van der Waals surface area contributed by atoms with Crippen LogP contribution in [0.15, 0.2) is 76.0 Å². The van der Waals surface area contributed by atoms with E-state index in [0.29, 0.717) is 34.7 Å². The second kappa shape index (κ2) is 11.9. The fourth-order valence-electron chi connectivity index (χ4n) is 5.41. The minimum atomic E-state index is -1.08. The average Bonchev–Trinajstić information content (AvgIpc) is 2.92. The highest BCUT2D eigenvalue weighted by molar-refractivity contribution is 7.98. The molecule has 4 rings (SSSR count). The lowest BCUT2D eigenvalue weighted by Gasteiger charge is -2.39. The number of carbonyl (C=O) groups is 3. The molecule has 1 heterocycles. The van der Waals surface area contributed by atoms with Gasteiger partial charge in [-0.25, -0.2) is 4.79 Å². The van der Waals surface area contributed by atoms with Crippen molar-refractivity contribution in [3.05, 3.63) is 82.2 Å². The van der Waals surface area contributed by atoms with E-state index in [0.717, 1.165) is 16.0 Å². The number of thioether (sulfide) groups is 1. The van der Waals surface area contributed by atoms with E-state index < -0.39 is 29.7 Å². The molecular formula is C30H33NO6S. The molecule has 0 fully saturated rings. The third kappa shape index (κ3) is 5.10. The van der Waals surface area contributed by atoms with Crippen LogP contribution in [0.5, 0.6) is 5.75 Å². The molecule has 0 aromatic heterocycles. The zero-order valence-electron chi connectivity index (χ0n) is 22.3. The van der Waals surface area contributed by atoms with Gasteiger partial charge in [0.05, 0.1) is 25.9 Å². The van der Waals surface area contributed by atoms with Crippen LogP contribution in [0.4, 0.5) is 0 Å². The molecule has 2 aromatic carbocycles. The summed E-state index contributed by atoms with van der Waals surface area (Å²) in [6, 6.07) is 15.2. The Bertz CT molecular complexity index is 1300. The number of esters is 2. The van der Waals surface area contributed by atoms with Crippen molar-refractivity contribution in [2.45, 2.75) is 43.9 Å². The second-order valence-corrected chi connectivity index (χ2v) is 10.0. The van der Waals surface area contributed by atoms with E-state index in [9.17, 15) is 14.4 Å². The number of dihydropyridines is 1. The number of rotatable bonds is 8. The molecule has 0 amide bonds. The number of allylic oxidation sites excluding steroid dienone is 3. The highest BCUT2D eigenvalue weighted by Gasteiger charge is 2.49. The Balaban J connectivity index is 1.91. The van der Waals surface area contributed by atoms with E-state index in [1.54, 1.807) is 32.7 Å². The topological polar surface area (TPSA) is 90.9 Å². The van der Waals surface area contributed by atoms with Gasteiger partial charge in [0.15, 0.2) is 5.78 Å². The third-order valence-electron chi connectivity index (χ3n) is 7.04. The molecule has 8 heteroatoms. The summed E-state index contributed by atoms with van der Waals surface area (Å²) in [5, 5.41) is 3.33. The molecular weight excluding hydrogens is 502 g/mol.